The van der Waals surface area contributed by atoms with E-state index in [0.29, 0.717) is 0 Å². The largest absolute Gasteiger partial charge is 0.142 e. The summed E-state index contributed by atoms with van der Waals surface area (Å²) in [5, 5.41) is 9.96. The molecule has 0 unspecified atom stereocenters. The van der Waals surface area contributed by atoms with E-state index in [1.807, 2.05) is 22.7 Å². The van der Waals surface area contributed by atoms with Crippen molar-refractivity contribution in [1.82, 2.24) is 0 Å². The molecule has 0 aliphatic rings. The molecule has 0 atom stereocenters. The molecule has 0 spiro atoms. The predicted molar refractivity (Wildman–Crippen MR) is 81.3 cm³/mol. The second-order valence-electron chi connectivity index (χ2n) is 3.77. The zero-order valence-corrected chi connectivity index (χ0v) is 12.7. The van der Waals surface area contributed by atoms with E-state index < -0.39 is 0 Å². The van der Waals surface area contributed by atoms with Gasteiger partial charge >= 0.3 is 0 Å². The Kier molecular flexibility index (Phi) is 1.96. The topological polar surface area (TPSA) is 0 Å². The van der Waals surface area contributed by atoms with Crippen LogP contribution in [0.5, 0.6) is 0 Å². The van der Waals surface area contributed by atoms with Gasteiger partial charge in [0.15, 0.2) is 0 Å². The summed E-state index contributed by atoms with van der Waals surface area (Å²) >= 11 is 10.9. The van der Waals surface area contributed by atoms with Crippen LogP contribution in [0.2, 0.25) is 0 Å². The van der Waals surface area contributed by atoms with Crippen molar-refractivity contribution in [2.75, 3.05) is 0 Å². The molecule has 0 nitrogen and oxygen atoms in total. The molecule has 2 aromatic carbocycles. The average Bonchev–Trinajstić information content (AvgIpc) is 2.81. The Morgan fingerprint density at radius 1 is 0.750 bits per heavy atom. The van der Waals surface area contributed by atoms with Gasteiger partial charge in [-0.25, -0.2) is 0 Å². The number of thiophene rings is 2. The average molecular weight is 372 g/mol. The summed E-state index contributed by atoms with van der Waals surface area (Å²) in [6, 6.07) is 4.45. The molecule has 0 bridgehead atoms. The summed E-state index contributed by atoms with van der Waals surface area (Å²) in [5.74, 6) is 0. The van der Waals surface area contributed by atoms with Gasteiger partial charge < -0.3 is 0 Å². The number of hydrogen-bond donors (Lipinski definition) is 0. The minimum Gasteiger partial charge on any atom is -0.142 e. The summed E-state index contributed by atoms with van der Waals surface area (Å²) in [6.07, 6.45) is 0. The van der Waals surface area contributed by atoms with Gasteiger partial charge in [-0.3, -0.25) is 0 Å². The third-order valence-corrected chi connectivity index (χ3v) is 6.73. The van der Waals surface area contributed by atoms with E-state index in [2.05, 4.69) is 54.8 Å². The van der Waals surface area contributed by atoms with Crippen LogP contribution in [0.1, 0.15) is 0 Å². The van der Waals surface area contributed by atoms with E-state index in [4.69, 9.17) is 0 Å². The molecule has 0 radical (unpaired) electrons. The summed E-state index contributed by atoms with van der Waals surface area (Å²) < 4.78 is 5.14. The lowest BCUT2D eigenvalue weighted by Gasteiger charge is -2.02. The Bertz CT molecular complexity index is 755. The second-order valence-corrected chi connectivity index (χ2v) is 7.24. The molecular weight excluding hydrogens is 368 g/mol. The molecule has 0 aliphatic carbocycles. The quantitative estimate of drug-likeness (QED) is 0.343. The maximum Gasteiger partial charge on any atom is 0.0498 e. The molecule has 4 aromatic rings. The first-order chi connectivity index (χ1) is 7.75. The van der Waals surface area contributed by atoms with Gasteiger partial charge in [-0.15, -0.1) is 22.7 Å². The first-order valence-corrected chi connectivity index (χ1v) is 8.08. The third-order valence-electron chi connectivity index (χ3n) is 2.89. The highest BCUT2D eigenvalue weighted by Gasteiger charge is 2.15. The van der Waals surface area contributed by atoms with Gasteiger partial charge in [0.25, 0.3) is 0 Å². The molecule has 2 heterocycles. The fourth-order valence-corrected chi connectivity index (χ4v) is 5.56. The van der Waals surface area contributed by atoms with Crippen molar-refractivity contribution in [3.05, 3.63) is 31.8 Å². The van der Waals surface area contributed by atoms with Gasteiger partial charge in [-0.05, 0) is 65.5 Å². The molecule has 0 fully saturated rings. The van der Waals surface area contributed by atoms with Crippen LogP contribution in [0.15, 0.2) is 31.8 Å². The number of rotatable bonds is 0. The van der Waals surface area contributed by atoms with E-state index in [0.717, 1.165) is 0 Å². The first-order valence-electron chi connectivity index (χ1n) is 4.74. The fourth-order valence-electron chi connectivity index (χ4n) is 2.23. The summed E-state index contributed by atoms with van der Waals surface area (Å²) in [4.78, 5) is 0. The molecule has 0 saturated carbocycles. The lowest BCUT2D eigenvalue weighted by Crippen LogP contribution is -1.75. The first kappa shape index (κ1) is 9.83. The Labute approximate surface area is 116 Å². The van der Waals surface area contributed by atoms with E-state index in [9.17, 15) is 0 Å². The zero-order chi connectivity index (χ0) is 10.9. The van der Waals surface area contributed by atoms with E-state index in [-0.39, 0.29) is 0 Å². The third kappa shape index (κ3) is 1.09. The maximum absolute atomic E-state index is 3.66. The Hall–Kier alpha value is -0.160. The molecule has 0 aliphatic heterocycles. The van der Waals surface area contributed by atoms with Gasteiger partial charge in [0.1, 0.15) is 0 Å². The molecule has 2 aromatic heterocycles. The van der Waals surface area contributed by atoms with Crippen molar-refractivity contribution in [1.29, 1.82) is 0 Å². The lowest BCUT2D eigenvalue weighted by atomic mass is 10.1. The van der Waals surface area contributed by atoms with Crippen LogP contribution in [0, 0.1) is 0 Å². The maximum atomic E-state index is 3.66. The lowest BCUT2D eigenvalue weighted by molar-refractivity contribution is 1.89. The molecule has 0 amide bonds. The van der Waals surface area contributed by atoms with Crippen molar-refractivity contribution >= 4 is 85.5 Å². The van der Waals surface area contributed by atoms with Gasteiger partial charge in [-0.2, -0.15) is 0 Å². The summed E-state index contributed by atoms with van der Waals surface area (Å²) in [5.41, 5.74) is 0. The Morgan fingerprint density at radius 3 is 1.62 bits per heavy atom. The van der Waals surface area contributed by atoms with Crippen LogP contribution in [0.25, 0.3) is 30.9 Å². The molecular formula is C12H4Br2S2. The normalized spacial score (nSPS) is 12.4. The molecule has 0 N–H and O–H groups in total. The number of benzene rings is 2. The van der Waals surface area contributed by atoms with Gasteiger partial charge in [0.05, 0.1) is 0 Å². The summed E-state index contributed by atoms with van der Waals surface area (Å²) in [6.45, 7) is 0. The highest BCUT2D eigenvalue weighted by molar-refractivity contribution is 9.11. The Balaban J connectivity index is 2.53. The molecule has 4 rings (SSSR count). The zero-order valence-electron chi connectivity index (χ0n) is 7.88. The summed E-state index contributed by atoms with van der Waals surface area (Å²) in [7, 11) is 0. The monoisotopic (exact) mass is 370 g/mol. The van der Waals surface area contributed by atoms with Crippen molar-refractivity contribution in [3.8, 4) is 0 Å². The van der Waals surface area contributed by atoms with E-state index in [1.165, 1.54) is 39.9 Å². The highest BCUT2D eigenvalue weighted by atomic mass is 79.9. The molecule has 16 heavy (non-hydrogen) atoms. The van der Waals surface area contributed by atoms with Gasteiger partial charge in [-0.1, -0.05) is 0 Å². The minimum absolute atomic E-state index is 1.21. The van der Waals surface area contributed by atoms with Crippen molar-refractivity contribution in [2.45, 2.75) is 0 Å². The van der Waals surface area contributed by atoms with Crippen LogP contribution < -0.4 is 0 Å². The second kappa shape index (κ2) is 3.19. The SMILES string of the molecule is Brc1cc2csc3c(Br)cc4csc1c4c23. The molecule has 0 saturated heterocycles. The van der Waals surface area contributed by atoms with Crippen molar-refractivity contribution < 1.29 is 0 Å². The van der Waals surface area contributed by atoms with E-state index in [1.54, 1.807) is 0 Å². The number of halogens is 2. The highest BCUT2D eigenvalue weighted by Crippen LogP contribution is 2.46. The van der Waals surface area contributed by atoms with Crippen LogP contribution in [-0.2, 0) is 0 Å². The standard InChI is InChI=1S/C12H4Br2S2/c13-7-1-5-3-15-12-8(14)2-6-4-16-11(7)10(6)9(5)12/h1-4H. The van der Waals surface area contributed by atoms with Crippen LogP contribution in [0.3, 0.4) is 0 Å². The molecule has 4 heteroatoms. The van der Waals surface area contributed by atoms with Gasteiger partial charge in [0, 0.05) is 29.1 Å². The smallest absolute Gasteiger partial charge is 0.0498 e. The van der Waals surface area contributed by atoms with Crippen molar-refractivity contribution in [2.24, 2.45) is 0 Å². The Morgan fingerprint density at radius 2 is 1.19 bits per heavy atom. The van der Waals surface area contributed by atoms with Gasteiger partial charge in [0.2, 0.25) is 0 Å². The van der Waals surface area contributed by atoms with Crippen LogP contribution in [0.4, 0.5) is 0 Å². The fraction of sp³-hybridized carbons (Fsp3) is 0. The van der Waals surface area contributed by atoms with Crippen molar-refractivity contribution in [3.63, 3.8) is 0 Å². The minimum atomic E-state index is 1.21. The van der Waals surface area contributed by atoms with E-state index >= 15 is 0 Å². The number of hydrogen-bond acceptors (Lipinski definition) is 2. The predicted octanol–water partition coefficient (Wildman–Crippen LogP) is 6.23. The van der Waals surface area contributed by atoms with Crippen LogP contribution >= 0.6 is 54.5 Å². The molecule has 78 valence electrons. The van der Waals surface area contributed by atoms with Crippen LogP contribution in [-0.4, -0.2) is 0 Å².